The lowest BCUT2D eigenvalue weighted by Crippen LogP contribution is -2.36. The Hall–Kier alpha value is -2.19. The Morgan fingerprint density at radius 1 is 1.33 bits per heavy atom. The minimum Gasteiger partial charge on any atom is -0.508 e. The van der Waals surface area contributed by atoms with E-state index in [4.69, 9.17) is 4.74 Å². The lowest BCUT2D eigenvalue weighted by Gasteiger charge is -2.36. The highest BCUT2D eigenvalue weighted by molar-refractivity contribution is 8.00. The number of aromatic amines is 1. The van der Waals surface area contributed by atoms with Crippen LogP contribution in [-0.2, 0) is 9.53 Å². The molecule has 8 heteroatoms. The number of phenols is 1. The normalized spacial score (nSPS) is 24.7. The molecule has 0 saturated carbocycles. The smallest absolute Gasteiger partial charge is 0.270 e. The Morgan fingerprint density at radius 2 is 2.15 bits per heavy atom. The molecule has 2 aromatic rings. The minimum atomic E-state index is -0.330. The summed E-state index contributed by atoms with van der Waals surface area (Å²) in [4.78, 5) is 25.2. The first-order valence-electron chi connectivity index (χ1n) is 9.03. The monoisotopic (exact) mass is 389 g/mol. The first kappa shape index (κ1) is 18.2. The Morgan fingerprint density at radius 3 is 2.89 bits per heavy atom. The van der Waals surface area contributed by atoms with Crippen LogP contribution in [0, 0.1) is 0 Å². The predicted octanol–water partition coefficient (Wildman–Crippen LogP) is 2.79. The van der Waals surface area contributed by atoms with Gasteiger partial charge in [0.1, 0.15) is 11.6 Å². The standard InChI is InChI=1S/C19H23N3O4S/c1-19(2)9-12(6-7-26-19)22-17-15(18(25)21-22)16(27-10-14(24)20-17)11-4-3-5-13(23)8-11/h3-5,8,12,16,23H,6-7,9-10H2,1-2H3,(H,20,24)(H,21,25). The third kappa shape index (κ3) is 3.51. The van der Waals surface area contributed by atoms with Crippen LogP contribution in [-0.4, -0.2) is 38.8 Å². The first-order valence-corrected chi connectivity index (χ1v) is 10.1. The lowest BCUT2D eigenvalue weighted by atomic mass is 9.94. The van der Waals surface area contributed by atoms with Gasteiger partial charge in [-0.1, -0.05) is 12.1 Å². The van der Waals surface area contributed by atoms with Gasteiger partial charge in [-0.2, -0.15) is 0 Å². The Balaban J connectivity index is 1.81. The second kappa shape index (κ2) is 6.76. The number of hydrogen-bond acceptors (Lipinski definition) is 5. The van der Waals surface area contributed by atoms with Crippen molar-refractivity contribution in [3.05, 3.63) is 45.7 Å². The van der Waals surface area contributed by atoms with Gasteiger partial charge in [0.15, 0.2) is 0 Å². The van der Waals surface area contributed by atoms with Crippen LogP contribution in [0.2, 0.25) is 0 Å². The van der Waals surface area contributed by atoms with E-state index in [0.717, 1.165) is 18.4 Å². The highest BCUT2D eigenvalue weighted by Gasteiger charge is 2.36. The van der Waals surface area contributed by atoms with Crippen LogP contribution < -0.4 is 10.9 Å². The summed E-state index contributed by atoms with van der Waals surface area (Å²) in [6.07, 6.45) is 1.50. The average molecular weight is 389 g/mol. The average Bonchev–Trinajstić information content (AvgIpc) is 2.80. The molecule has 3 heterocycles. The van der Waals surface area contributed by atoms with Crippen molar-refractivity contribution in [2.45, 2.75) is 43.6 Å². The van der Waals surface area contributed by atoms with Crippen LogP contribution in [0.3, 0.4) is 0 Å². The number of fused-ring (bicyclic) bond motifs is 1. The number of aromatic nitrogens is 2. The minimum absolute atomic E-state index is 0.0402. The number of aromatic hydroxyl groups is 1. The van der Waals surface area contributed by atoms with Crippen molar-refractivity contribution in [1.29, 1.82) is 0 Å². The number of amides is 1. The number of anilines is 1. The van der Waals surface area contributed by atoms with Gasteiger partial charge in [0.2, 0.25) is 5.91 Å². The molecule has 1 aromatic carbocycles. The number of thioether (sulfide) groups is 1. The van der Waals surface area contributed by atoms with Crippen LogP contribution in [0.25, 0.3) is 0 Å². The van der Waals surface area contributed by atoms with Crippen molar-refractivity contribution >= 4 is 23.5 Å². The quantitative estimate of drug-likeness (QED) is 0.734. The molecule has 4 rings (SSSR count). The summed E-state index contributed by atoms with van der Waals surface area (Å²) in [5.74, 6) is 0.780. The highest BCUT2D eigenvalue weighted by atomic mass is 32.2. The maximum absolute atomic E-state index is 12.9. The number of carbonyl (C=O) groups is 1. The third-order valence-corrected chi connectivity index (χ3v) is 6.34. The third-order valence-electron chi connectivity index (χ3n) is 5.07. The van der Waals surface area contributed by atoms with Crippen LogP contribution in [0.15, 0.2) is 29.1 Å². The molecule has 7 nitrogen and oxygen atoms in total. The van der Waals surface area contributed by atoms with Gasteiger partial charge < -0.3 is 15.2 Å². The molecule has 1 aromatic heterocycles. The zero-order chi connectivity index (χ0) is 19.2. The first-order chi connectivity index (χ1) is 12.8. The van der Waals surface area contributed by atoms with E-state index in [1.54, 1.807) is 18.2 Å². The summed E-state index contributed by atoms with van der Waals surface area (Å²) < 4.78 is 7.60. The van der Waals surface area contributed by atoms with Gasteiger partial charge in [-0.15, -0.1) is 11.8 Å². The molecule has 0 bridgehead atoms. The molecule has 2 unspecified atom stereocenters. The summed E-state index contributed by atoms with van der Waals surface area (Å²) in [6.45, 7) is 4.66. The molecule has 0 aliphatic carbocycles. The Bertz CT molecular complexity index is 933. The fourth-order valence-corrected chi connectivity index (χ4v) is 5.00. The van der Waals surface area contributed by atoms with E-state index in [2.05, 4.69) is 10.4 Å². The number of hydrogen-bond donors (Lipinski definition) is 3. The number of phenolic OH excluding ortho intramolecular Hbond substituents is 1. The van der Waals surface area contributed by atoms with Crippen molar-refractivity contribution in [2.75, 3.05) is 17.7 Å². The number of H-pyrrole nitrogens is 1. The molecule has 3 N–H and O–H groups in total. The Labute approximate surface area is 161 Å². The molecule has 1 saturated heterocycles. The van der Waals surface area contributed by atoms with E-state index in [0.29, 0.717) is 18.0 Å². The maximum Gasteiger partial charge on any atom is 0.270 e. The van der Waals surface area contributed by atoms with Crippen molar-refractivity contribution in [3.63, 3.8) is 0 Å². The molecular formula is C19H23N3O4S. The lowest BCUT2D eigenvalue weighted by molar-refractivity contribution is -0.113. The largest absolute Gasteiger partial charge is 0.508 e. The van der Waals surface area contributed by atoms with Crippen LogP contribution in [0.4, 0.5) is 5.82 Å². The van der Waals surface area contributed by atoms with Gasteiger partial charge in [0.25, 0.3) is 5.56 Å². The highest BCUT2D eigenvalue weighted by Crippen LogP contribution is 2.42. The SMILES string of the molecule is CC1(C)CC(n2[nH]c(=O)c3c2NC(=O)CSC3c2cccc(O)c2)CCO1. The van der Waals surface area contributed by atoms with Gasteiger partial charge in [-0.3, -0.25) is 19.4 Å². The van der Waals surface area contributed by atoms with Crippen molar-refractivity contribution in [1.82, 2.24) is 9.78 Å². The molecule has 1 amide bonds. The number of carbonyl (C=O) groups excluding carboxylic acids is 1. The summed E-state index contributed by atoms with van der Waals surface area (Å²) in [6, 6.07) is 6.89. The van der Waals surface area contributed by atoms with Gasteiger partial charge in [0.05, 0.1) is 28.2 Å². The van der Waals surface area contributed by atoms with Gasteiger partial charge in [-0.25, -0.2) is 0 Å². The molecule has 144 valence electrons. The fraction of sp³-hybridized carbons (Fsp3) is 0.474. The van der Waals surface area contributed by atoms with E-state index >= 15 is 0 Å². The topological polar surface area (TPSA) is 96.4 Å². The van der Waals surface area contributed by atoms with Crippen LogP contribution >= 0.6 is 11.8 Å². The van der Waals surface area contributed by atoms with E-state index in [1.165, 1.54) is 11.8 Å². The van der Waals surface area contributed by atoms with Gasteiger partial charge in [-0.05, 0) is 44.4 Å². The second-order valence-corrected chi connectivity index (χ2v) is 8.76. The zero-order valence-electron chi connectivity index (χ0n) is 15.3. The maximum atomic E-state index is 12.9. The van der Waals surface area contributed by atoms with Crippen molar-refractivity contribution in [3.8, 4) is 5.75 Å². The van der Waals surface area contributed by atoms with Crippen LogP contribution in [0.5, 0.6) is 5.75 Å². The molecule has 2 aliphatic heterocycles. The van der Waals surface area contributed by atoms with Gasteiger partial charge in [0, 0.05) is 6.61 Å². The number of nitrogens with one attached hydrogen (secondary N) is 2. The summed E-state index contributed by atoms with van der Waals surface area (Å²) in [5, 5.41) is 15.4. The molecule has 2 aliphatic rings. The summed E-state index contributed by atoms with van der Waals surface area (Å²) in [5.41, 5.74) is 0.830. The molecular weight excluding hydrogens is 366 g/mol. The molecule has 1 fully saturated rings. The van der Waals surface area contributed by atoms with E-state index in [9.17, 15) is 14.7 Å². The summed E-state index contributed by atoms with van der Waals surface area (Å²) >= 11 is 1.39. The molecule has 0 radical (unpaired) electrons. The zero-order valence-corrected chi connectivity index (χ0v) is 16.1. The number of benzene rings is 1. The van der Waals surface area contributed by atoms with E-state index < -0.39 is 0 Å². The Kier molecular flexibility index (Phi) is 4.55. The van der Waals surface area contributed by atoms with E-state index in [1.807, 2.05) is 24.6 Å². The molecule has 0 spiro atoms. The molecule has 27 heavy (non-hydrogen) atoms. The second-order valence-electron chi connectivity index (χ2n) is 7.66. The fourth-order valence-electron chi connectivity index (χ4n) is 3.89. The molecule has 2 atom stereocenters. The van der Waals surface area contributed by atoms with Crippen molar-refractivity contribution in [2.24, 2.45) is 0 Å². The number of nitrogens with zero attached hydrogens (tertiary/aromatic N) is 1. The van der Waals surface area contributed by atoms with E-state index in [-0.39, 0.29) is 39.9 Å². The number of rotatable bonds is 2. The van der Waals surface area contributed by atoms with Crippen molar-refractivity contribution < 1.29 is 14.6 Å². The summed E-state index contributed by atoms with van der Waals surface area (Å²) in [7, 11) is 0. The predicted molar refractivity (Wildman–Crippen MR) is 104 cm³/mol. The number of ether oxygens (including phenoxy) is 1. The van der Waals surface area contributed by atoms with Gasteiger partial charge >= 0.3 is 0 Å². The van der Waals surface area contributed by atoms with Crippen LogP contribution in [0.1, 0.15) is 49.1 Å².